The molecule has 4 heterocycles. The molecule has 6 rings (SSSR count). The monoisotopic (exact) mass is 463 g/mol. The fourth-order valence-corrected chi connectivity index (χ4v) is 5.19. The van der Waals surface area contributed by atoms with E-state index in [-0.39, 0.29) is 0 Å². The molecule has 5 aromatic rings. The fourth-order valence-electron chi connectivity index (χ4n) is 5.19. The van der Waals surface area contributed by atoms with Crippen LogP contribution in [0.3, 0.4) is 0 Å². The average molecular weight is 464 g/mol. The summed E-state index contributed by atoms with van der Waals surface area (Å²) in [6.07, 6.45) is 8.83. The maximum atomic E-state index is 4.99. The molecule has 1 aliphatic carbocycles. The third-order valence-corrected chi connectivity index (χ3v) is 6.90. The number of aromatic amines is 1. The summed E-state index contributed by atoms with van der Waals surface area (Å²) in [5.41, 5.74) is 8.30. The van der Waals surface area contributed by atoms with Crippen molar-refractivity contribution in [3.05, 3.63) is 89.8 Å². The second-order valence-corrected chi connectivity index (χ2v) is 9.34. The van der Waals surface area contributed by atoms with E-state index >= 15 is 0 Å². The zero-order valence-electron chi connectivity index (χ0n) is 19.9. The minimum Gasteiger partial charge on any atom is -0.339 e. The third-order valence-electron chi connectivity index (χ3n) is 6.90. The number of hydrogen-bond donors (Lipinski definition) is 2. The number of benzene rings is 1. The van der Waals surface area contributed by atoms with Crippen molar-refractivity contribution in [3.8, 4) is 22.6 Å². The van der Waals surface area contributed by atoms with Gasteiger partial charge in [0.15, 0.2) is 5.65 Å². The Bertz CT molecular complexity index is 1460. The summed E-state index contributed by atoms with van der Waals surface area (Å²) in [4.78, 5) is 17.5. The zero-order chi connectivity index (χ0) is 23.6. The highest BCUT2D eigenvalue weighted by Crippen LogP contribution is 2.36. The van der Waals surface area contributed by atoms with Gasteiger partial charge < -0.3 is 10.3 Å². The first-order chi connectivity index (χ1) is 17.2. The summed E-state index contributed by atoms with van der Waals surface area (Å²) in [6.45, 7) is 3.47. The summed E-state index contributed by atoms with van der Waals surface area (Å²) >= 11 is 0. The molecule has 1 fully saturated rings. The van der Waals surface area contributed by atoms with E-state index < -0.39 is 0 Å². The van der Waals surface area contributed by atoms with Crippen LogP contribution in [0.5, 0.6) is 0 Å². The van der Waals surface area contributed by atoms with E-state index in [0.29, 0.717) is 12.5 Å². The van der Waals surface area contributed by atoms with Crippen LogP contribution in [0.25, 0.3) is 28.3 Å². The molecule has 7 nitrogen and oxygen atoms in total. The average Bonchev–Trinajstić information content (AvgIpc) is 3.65. The maximum Gasteiger partial charge on any atom is 0.155 e. The van der Waals surface area contributed by atoms with Crippen LogP contribution in [0, 0.1) is 6.92 Å². The highest BCUT2D eigenvalue weighted by atomic mass is 15.3. The van der Waals surface area contributed by atoms with Crippen LogP contribution < -0.4 is 5.32 Å². The van der Waals surface area contributed by atoms with Gasteiger partial charge in [0, 0.05) is 24.0 Å². The van der Waals surface area contributed by atoms with Crippen LogP contribution in [0.2, 0.25) is 0 Å². The van der Waals surface area contributed by atoms with Crippen LogP contribution in [-0.4, -0.2) is 29.5 Å². The third kappa shape index (κ3) is 4.47. The molecule has 0 radical (unpaired) electrons. The van der Waals surface area contributed by atoms with E-state index in [1.807, 2.05) is 43.5 Å². The van der Waals surface area contributed by atoms with Gasteiger partial charge in [0.1, 0.15) is 12.2 Å². The second kappa shape index (κ2) is 9.43. The Balaban J connectivity index is 1.28. The minimum absolute atomic E-state index is 0.642. The Labute approximate surface area is 204 Å². The Morgan fingerprint density at radius 1 is 0.971 bits per heavy atom. The molecule has 2 N–H and O–H groups in total. The molecule has 35 heavy (non-hydrogen) atoms. The first-order valence-corrected chi connectivity index (χ1v) is 12.4. The molecule has 0 amide bonds. The molecule has 0 saturated heterocycles. The molecule has 0 bridgehead atoms. The van der Waals surface area contributed by atoms with Crippen molar-refractivity contribution in [2.75, 3.05) is 0 Å². The molecule has 7 heteroatoms. The summed E-state index contributed by atoms with van der Waals surface area (Å²) in [7, 11) is 0. The van der Waals surface area contributed by atoms with Gasteiger partial charge in [-0.1, -0.05) is 43.2 Å². The lowest BCUT2D eigenvalue weighted by Crippen LogP contribution is -2.15. The standard InChI is InChI=1S/C28H29N7/c1-19-7-6-12-24(32-19)28-27(22-13-14-26-30-18-31-35(26)17-22)33-25(34-28)16-29-15-21-10-4-5-11-23(21)20-8-2-3-9-20/h4-7,10-14,17-18,20,29H,2-3,8-9,15-16H2,1H3,(H,33,34). The van der Waals surface area contributed by atoms with Gasteiger partial charge >= 0.3 is 0 Å². The normalized spacial score (nSPS) is 14.2. The Kier molecular flexibility index (Phi) is 5.84. The van der Waals surface area contributed by atoms with E-state index in [4.69, 9.17) is 9.97 Å². The van der Waals surface area contributed by atoms with E-state index in [1.54, 1.807) is 10.8 Å². The van der Waals surface area contributed by atoms with Crippen molar-refractivity contribution in [3.63, 3.8) is 0 Å². The number of pyridine rings is 2. The molecule has 176 valence electrons. The van der Waals surface area contributed by atoms with Crippen LogP contribution in [-0.2, 0) is 13.1 Å². The van der Waals surface area contributed by atoms with Gasteiger partial charge in [0.2, 0.25) is 0 Å². The lowest BCUT2D eigenvalue weighted by atomic mass is 9.93. The topological polar surface area (TPSA) is 83.8 Å². The molecule has 1 saturated carbocycles. The second-order valence-electron chi connectivity index (χ2n) is 9.34. The van der Waals surface area contributed by atoms with E-state index in [2.05, 4.69) is 44.6 Å². The zero-order valence-corrected chi connectivity index (χ0v) is 19.9. The lowest BCUT2D eigenvalue weighted by molar-refractivity contribution is 0.647. The van der Waals surface area contributed by atoms with Gasteiger partial charge in [-0.3, -0.25) is 4.98 Å². The number of imidazole rings is 1. The summed E-state index contributed by atoms with van der Waals surface area (Å²) < 4.78 is 1.77. The molecule has 4 aromatic heterocycles. The van der Waals surface area contributed by atoms with Crippen molar-refractivity contribution in [2.45, 2.75) is 51.6 Å². The quantitative estimate of drug-likeness (QED) is 0.336. The van der Waals surface area contributed by atoms with Gasteiger partial charge in [-0.25, -0.2) is 14.5 Å². The highest BCUT2D eigenvalue weighted by Gasteiger charge is 2.20. The predicted molar refractivity (Wildman–Crippen MR) is 137 cm³/mol. The maximum absolute atomic E-state index is 4.99. The van der Waals surface area contributed by atoms with Gasteiger partial charge in [0.25, 0.3) is 0 Å². The molecule has 0 aliphatic heterocycles. The Hall–Kier alpha value is -3.84. The lowest BCUT2D eigenvalue weighted by Gasteiger charge is -2.15. The van der Waals surface area contributed by atoms with Crippen LogP contribution in [0.1, 0.15) is 54.2 Å². The van der Waals surface area contributed by atoms with Crippen LogP contribution >= 0.6 is 0 Å². The van der Waals surface area contributed by atoms with Crippen LogP contribution in [0.15, 0.2) is 67.1 Å². The molecule has 0 spiro atoms. The van der Waals surface area contributed by atoms with E-state index in [1.165, 1.54) is 36.8 Å². The van der Waals surface area contributed by atoms with Crippen molar-refractivity contribution in [1.82, 2.24) is 34.9 Å². The van der Waals surface area contributed by atoms with Crippen molar-refractivity contribution < 1.29 is 0 Å². The molecule has 0 unspecified atom stereocenters. The number of fused-ring (bicyclic) bond motifs is 1. The Morgan fingerprint density at radius 3 is 2.74 bits per heavy atom. The molecular formula is C28H29N7. The number of nitrogens with one attached hydrogen (secondary N) is 2. The number of rotatable bonds is 7. The Morgan fingerprint density at radius 2 is 1.86 bits per heavy atom. The number of hydrogen-bond acceptors (Lipinski definition) is 5. The number of H-pyrrole nitrogens is 1. The smallest absolute Gasteiger partial charge is 0.155 e. The number of nitrogens with zero attached hydrogens (tertiary/aromatic N) is 5. The largest absolute Gasteiger partial charge is 0.339 e. The first kappa shape index (κ1) is 21.7. The molecular weight excluding hydrogens is 434 g/mol. The summed E-state index contributed by atoms with van der Waals surface area (Å²) in [5.74, 6) is 1.59. The fraction of sp³-hybridized carbons (Fsp3) is 0.286. The molecule has 1 aliphatic rings. The van der Waals surface area contributed by atoms with Crippen LogP contribution in [0.4, 0.5) is 0 Å². The van der Waals surface area contributed by atoms with Gasteiger partial charge in [-0.15, -0.1) is 0 Å². The summed E-state index contributed by atoms with van der Waals surface area (Å²) in [6, 6.07) is 18.9. The van der Waals surface area contributed by atoms with Gasteiger partial charge in [0.05, 0.1) is 23.6 Å². The highest BCUT2D eigenvalue weighted by molar-refractivity contribution is 5.77. The number of aryl methyl sites for hydroxylation is 1. The van der Waals surface area contributed by atoms with E-state index in [9.17, 15) is 0 Å². The predicted octanol–water partition coefficient (Wildman–Crippen LogP) is 5.44. The minimum atomic E-state index is 0.642. The summed E-state index contributed by atoms with van der Waals surface area (Å²) in [5, 5.41) is 7.91. The SMILES string of the molecule is Cc1cccc(-c2[nH]c(CNCc3ccccc3C3CCCC3)nc2-c2ccc3ncnn3c2)n1. The van der Waals surface area contributed by atoms with E-state index in [0.717, 1.165) is 46.4 Å². The van der Waals surface area contributed by atoms with Gasteiger partial charge in [-0.05, 0) is 61.1 Å². The van der Waals surface area contributed by atoms with Gasteiger partial charge in [-0.2, -0.15) is 5.10 Å². The first-order valence-electron chi connectivity index (χ1n) is 12.4. The molecule has 0 atom stereocenters. The van der Waals surface area contributed by atoms with Crippen molar-refractivity contribution in [1.29, 1.82) is 0 Å². The van der Waals surface area contributed by atoms with Crippen molar-refractivity contribution >= 4 is 5.65 Å². The van der Waals surface area contributed by atoms with Crippen molar-refractivity contribution in [2.24, 2.45) is 0 Å². The number of aromatic nitrogens is 6. The molecule has 1 aromatic carbocycles.